The highest BCUT2D eigenvalue weighted by molar-refractivity contribution is 5.88. The molecule has 0 spiro atoms. The number of ether oxygens (including phenoxy) is 3. The van der Waals surface area contributed by atoms with Gasteiger partial charge < -0.3 is 19.3 Å². The van der Waals surface area contributed by atoms with Crippen molar-refractivity contribution in [3.05, 3.63) is 16.4 Å². The molecule has 7 heteroatoms. The fraction of sp³-hybridized carbons (Fsp3) is 0.700. The molecule has 0 atom stereocenters. The van der Waals surface area contributed by atoms with E-state index in [1.54, 1.807) is 20.8 Å². The van der Waals surface area contributed by atoms with Crippen LogP contribution in [0.5, 0.6) is 0 Å². The van der Waals surface area contributed by atoms with Gasteiger partial charge in [0.2, 0.25) is 12.0 Å². The lowest BCUT2D eigenvalue weighted by molar-refractivity contribution is -0.151. The molecule has 0 bridgehead atoms. The second-order valence-electron chi connectivity index (χ2n) is 4.13. The van der Waals surface area contributed by atoms with Crippen molar-refractivity contribution in [3.8, 4) is 0 Å². The number of carbonyl (C=O) groups excluding carboxylic acids is 1. The molecule has 17 heavy (non-hydrogen) atoms. The van der Waals surface area contributed by atoms with Crippen LogP contribution in [0, 0.1) is 4.91 Å². The largest absolute Gasteiger partial charge is 0.505 e. The molecule has 0 amide bonds. The number of methoxy groups -OCH3 is 2. The van der Waals surface area contributed by atoms with Crippen LogP contribution in [0.3, 0.4) is 0 Å². The molecule has 0 heterocycles. The lowest BCUT2D eigenvalue weighted by Gasteiger charge is -2.20. The van der Waals surface area contributed by atoms with Gasteiger partial charge in [0, 0.05) is 14.2 Å². The first kappa shape index (κ1) is 15.5. The SMILES string of the molecule is COC(OC)/C(O)=C(/N=O)C(=O)OC(C)(C)C. The average Bonchev–Trinajstić information content (AvgIpc) is 2.17. The van der Waals surface area contributed by atoms with Crippen molar-refractivity contribution in [2.24, 2.45) is 5.18 Å². The van der Waals surface area contributed by atoms with Crippen molar-refractivity contribution in [2.45, 2.75) is 32.7 Å². The summed E-state index contributed by atoms with van der Waals surface area (Å²) in [6, 6.07) is 0. The van der Waals surface area contributed by atoms with Crippen LogP contribution in [0.2, 0.25) is 0 Å². The molecule has 1 N–H and O–H groups in total. The van der Waals surface area contributed by atoms with Gasteiger partial charge in [-0.05, 0) is 25.9 Å². The van der Waals surface area contributed by atoms with Gasteiger partial charge in [-0.2, -0.15) is 0 Å². The van der Waals surface area contributed by atoms with E-state index in [1.165, 1.54) is 14.2 Å². The van der Waals surface area contributed by atoms with E-state index in [9.17, 15) is 14.8 Å². The molecule has 0 aromatic heterocycles. The Morgan fingerprint density at radius 2 is 1.71 bits per heavy atom. The van der Waals surface area contributed by atoms with Crippen LogP contribution < -0.4 is 0 Å². The number of hydrogen-bond donors (Lipinski definition) is 1. The third-order valence-electron chi connectivity index (χ3n) is 1.58. The van der Waals surface area contributed by atoms with E-state index in [0.29, 0.717) is 0 Å². The van der Waals surface area contributed by atoms with Gasteiger partial charge in [0.05, 0.1) is 0 Å². The monoisotopic (exact) mass is 247 g/mol. The third-order valence-corrected chi connectivity index (χ3v) is 1.58. The zero-order valence-electron chi connectivity index (χ0n) is 10.5. The van der Waals surface area contributed by atoms with Crippen LogP contribution in [-0.4, -0.2) is 37.2 Å². The second-order valence-corrected chi connectivity index (χ2v) is 4.13. The summed E-state index contributed by atoms with van der Waals surface area (Å²) in [6.45, 7) is 4.86. The van der Waals surface area contributed by atoms with Crippen molar-refractivity contribution in [3.63, 3.8) is 0 Å². The first-order valence-corrected chi connectivity index (χ1v) is 4.82. The molecule has 0 aliphatic rings. The topological polar surface area (TPSA) is 94.4 Å². The van der Waals surface area contributed by atoms with Gasteiger partial charge in [0.1, 0.15) is 5.60 Å². The second kappa shape index (κ2) is 6.31. The number of carbonyl (C=O) groups is 1. The van der Waals surface area contributed by atoms with Gasteiger partial charge >= 0.3 is 5.97 Å². The summed E-state index contributed by atoms with van der Waals surface area (Å²) >= 11 is 0. The van der Waals surface area contributed by atoms with E-state index in [2.05, 4.69) is 14.7 Å². The van der Waals surface area contributed by atoms with E-state index in [4.69, 9.17) is 4.74 Å². The smallest absolute Gasteiger partial charge is 0.364 e. The first-order valence-electron chi connectivity index (χ1n) is 4.82. The van der Waals surface area contributed by atoms with Crippen molar-refractivity contribution in [1.29, 1.82) is 0 Å². The molecule has 0 radical (unpaired) electrons. The van der Waals surface area contributed by atoms with Crippen LogP contribution in [0.1, 0.15) is 20.8 Å². The van der Waals surface area contributed by atoms with E-state index in [-0.39, 0.29) is 0 Å². The average molecular weight is 247 g/mol. The van der Waals surface area contributed by atoms with Gasteiger partial charge in [0.15, 0.2) is 5.76 Å². The molecular formula is C10H17NO6. The summed E-state index contributed by atoms with van der Waals surface area (Å²) < 4.78 is 14.3. The lowest BCUT2D eigenvalue weighted by Crippen LogP contribution is -2.27. The minimum atomic E-state index is -1.24. The summed E-state index contributed by atoms with van der Waals surface area (Å²) in [5.74, 6) is -1.76. The Kier molecular flexibility index (Phi) is 5.77. The Morgan fingerprint density at radius 1 is 1.24 bits per heavy atom. The molecule has 0 rings (SSSR count). The minimum Gasteiger partial charge on any atom is -0.505 e. The molecule has 98 valence electrons. The van der Waals surface area contributed by atoms with E-state index >= 15 is 0 Å². The fourth-order valence-corrected chi connectivity index (χ4v) is 0.946. The minimum absolute atomic E-state index is 0.723. The van der Waals surface area contributed by atoms with Crippen molar-refractivity contribution < 1.29 is 24.1 Å². The molecular weight excluding hydrogens is 230 g/mol. The normalized spacial score (nSPS) is 13.3. The lowest BCUT2D eigenvalue weighted by atomic mass is 10.2. The van der Waals surface area contributed by atoms with Gasteiger partial charge in [-0.15, -0.1) is 4.91 Å². The summed E-state index contributed by atoms with van der Waals surface area (Å²) in [4.78, 5) is 22.1. The Labute approximate surface area is 99.3 Å². The summed E-state index contributed by atoms with van der Waals surface area (Å²) in [7, 11) is 2.48. The Morgan fingerprint density at radius 3 is 2.00 bits per heavy atom. The first-order chi connectivity index (χ1) is 7.76. The zero-order chi connectivity index (χ0) is 13.6. The van der Waals surface area contributed by atoms with Crippen LogP contribution in [0.15, 0.2) is 16.6 Å². The molecule has 0 aromatic rings. The highest BCUT2D eigenvalue weighted by Gasteiger charge is 2.28. The van der Waals surface area contributed by atoms with Crippen molar-refractivity contribution >= 4 is 5.97 Å². The number of aliphatic hydroxyl groups excluding tert-OH is 1. The predicted molar refractivity (Wildman–Crippen MR) is 59.1 cm³/mol. The molecule has 0 fully saturated rings. The third kappa shape index (κ3) is 4.92. The van der Waals surface area contributed by atoms with Crippen LogP contribution in [0.4, 0.5) is 0 Å². The molecule has 0 unspecified atom stereocenters. The van der Waals surface area contributed by atoms with Crippen molar-refractivity contribution in [2.75, 3.05) is 14.2 Å². The van der Waals surface area contributed by atoms with Gasteiger partial charge in [-0.3, -0.25) is 0 Å². The van der Waals surface area contributed by atoms with E-state index in [0.717, 1.165) is 0 Å². The highest BCUT2D eigenvalue weighted by atomic mass is 16.7. The Hall–Kier alpha value is -1.47. The van der Waals surface area contributed by atoms with E-state index < -0.39 is 29.3 Å². The standard InChI is InChI=1S/C10H17NO6/c1-10(2,3)17-8(13)6(11-14)7(12)9(15-4)16-5/h9,12H,1-5H3/b7-6-. The zero-order valence-corrected chi connectivity index (χ0v) is 10.5. The maximum atomic E-state index is 11.5. The van der Waals surface area contributed by atoms with Gasteiger partial charge in [0.25, 0.3) is 0 Å². The van der Waals surface area contributed by atoms with Crippen LogP contribution in [0.25, 0.3) is 0 Å². The van der Waals surface area contributed by atoms with Crippen molar-refractivity contribution in [1.82, 2.24) is 0 Å². The Bertz CT molecular complexity index is 313. The number of rotatable bonds is 5. The molecule has 0 aromatic carbocycles. The summed E-state index contributed by atoms with van der Waals surface area (Å²) in [5.41, 5.74) is -1.57. The quantitative estimate of drug-likeness (QED) is 0.260. The van der Waals surface area contributed by atoms with E-state index in [1.807, 2.05) is 0 Å². The number of hydrogen-bond acceptors (Lipinski definition) is 7. The molecule has 0 saturated carbocycles. The maximum Gasteiger partial charge on any atom is 0.364 e. The molecule has 7 nitrogen and oxygen atoms in total. The number of nitroso groups, excluding NO2 is 1. The highest BCUT2D eigenvalue weighted by Crippen LogP contribution is 2.16. The predicted octanol–water partition coefficient (Wildman–Crippen LogP) is 1.48. The Balaban J connectivity index is 5.11. The van der Waals surface area contributed by atoms with Gasteiger partial charge in [-0.1, -0.05) is 0 Å². The number of esters is 1. The molecule has 0 aliphatic carbocycles. The van der Waals surface area contributed by atoms with Crippen LogP contribution in [-0.2, 0) is 19.0 Å². The number of aliphatic hydroxyl groups is 1. The summed E-state index contributed by atoms with van der Waals surface area (Å²) in [5, 5.41) is 12.0. The fourth-order valence-electron chi connectivity index (χ4n) is 0.946. The number of nitrogens with zero attached hydrogens (tertiary/aromatic N) is 1. The van der Waals surface area contributed by atoms with Crippen LogP contribution >= 0.6 is 0 Å². The molecule has 0 saturated heterocycles. The van der Waals surface area contributed by atoms with Gasteiger partial charge in [-0.25, -0.2) is 4.79 Å². The molecule has 0 aliphatic heterocycles. The maximum absolute atomic E-state index is 11.5. The summed E-state index contributed by atoms with van der Waals surface area (Å²) in [6.07, 6.45) is -1.24.